The van der Waals surface area contributed by atoms with Gasteiger partial charge in [-0.1, -0.05) is 24.3 Å². The minimum atomic E-state index is -3.27. The first kappa shape index (κ1) is 9.16. The molecule has 0 aromatic rings. The Hall–Kier alpha value is -0.410. The second-order valence-corrected chi connectivity index (χ2v) is 4.66. The highest BCUT2D eigenvalue weighted by Gasteiger charge is 2.38. The third kappa shape index (κ3) is 1.76. The van der Waals surface area contributed by atoms with Crippen molar-refractivity contribution >= 4 is 7.82 Å². The van der Waals surface area contributed by atoms with Crippen molar-refractivity contribution in [3.63, 3.8) is 0 Å². The smallest absolute Gasteiger partial charge is 0.290 e. The lowest BCUT2D eigenvalue weighted by Gasteiger charge is -2.32. The fourth-order valence-corrected chi connectivity index (χ4v) is 2.48. The number of allylic oxidation sites excluding steroid dienone is 2. The van der Waals surface area contributed by atoms with Crippen molar-refractivity contribution in [2.45, 2.75) is 6.10 Å². The van der Waals surface area contributed by atoms with Gasteiger partial charge in [0.25, 0.3) is 0 Å². The molecule has 13 heavy (non-hydrogen) atoms. The summed E-state index contributed by atoms with van der Waals surface area (Å²) in [5.74, 6) is 0.155. The van der Waals surface area contributed by atoms with Gasteiger partial charge in [0.1, 0.15) is 0 Å². The molecule has 0 aromatic carbocycles. The van der Waals surface area contributed by atoms with Crippen LogP contribution in [0.5, 0.6) is 0 Å². The van der Waals surface area contributed by atoms with Crippen LogP contribution in [0, 0.1) is 5.92 Å². The van der Waals surface area contributed by atoms with E-state index in [0.29, 0.717) is 6.61 Å². The third-order valence-electron chi connectivity index (χ3n) is 2.09. The Bertz CT molecular complexity index is 297. The van der Waals surface area contributed by atoms with E-state index < -0.39 is 7.82 Å². The van der Waals surface area contributed by atoms with Crippen LogP contribution in [0.2, 0.25) is 0 Å². The van der Waals surface area contributed by atoms with Gasteiger partial charge in [-0.25, -0.2) is 4.57 Å². The summed E-state index contributed by atoms with van der Waals surface area (Å²) in [6.07, 6.45) is 7.45. The van der Waals surface area contributed by atoms with Gasteiger partial charge in [-0.15, -0.1) is 0 Å². The lowest BCUT2D eigenvalue weighted by molar-refractivity contribution is 0.0307. The minimum Gasteiger partial charge on any atom is -0.290 e. The van der Waals surface area contributed by atoms with Crippen LogP contribution >= 0.6 is 7.82 Å². The summed E-state index contributed by atoms with van der Waals surface area (Å²) in [5, 5.41) is 0. The summed E-state index contributed by atoms with van der Waals surface area (Å²) in [7, 11) is -1.95. The lowest BCUT2D eigenvalue weighted by Crippen LogP contribution is -2.30. The molecule has 3 atom stereocenters. The molecule has 0 bridgehead atoms. The number of phosphoric ester groups is 1. The molecular weight excluding hydrogens is 191 g/mol. The van der Waals surface area contributed by atoms with Gasteiger partial charge in [0, 0.05) is 13.0 Å². The molecule has 0 amide bonds. The molecular formula is C8H11O4P. The van der Waals surface area contributed by atoms with Gasteiger partial charge in [0.15, 0.2) is 0 Å². The van der Waals surface area contributed by atoms with Gasteiger partial charge in [-0.3, -0.25) is 13.6 Å². The molecule has 2 aliphatic rings. The van der Waals surface area contributed by atoms with E-state index in [1.54, 1.807) is 0 Å². The quantitative estimate of drug-likeness (QED) is 0.609. The fraction of sp³-hybridized carbons (Fsp3) is 0.500. The summed E-state index contributed by atoms with van der Waals surface area (Å²) in [6.45, 7) is 0.386. The van der Waals surface area contributed by atoms with E-state index in [9.17, 15) is 4.57 Å². The van der Waals surface area contributed by atoms with E-state index in [1.165, 1.54) is 7.11 Å². The maximum absolute atomic E-state index is 11.5. The van der Waals surface area contributed by atoms with Gasteiger partial charge in [0.05, 0.1) is 12.7 Å². The number of rotatable bonds is 1. The maximum atomic E-state index is 11.5. The Morgan fingerprint density at radius 2 is 2.23 bits per heavy atom. The van der Waals surface area contributed by atoms with Gasteiger partial charge < -0.3 is 0 Å². The molecule has 5 heteroatoms. The molecule has 0 saturated carbocycles. The Balaban J connectivity index is 2.13. The second-order valence-electron chi connectivity index (χ2n) is 2.93. The van der Waals surface area contributed by atoms with E-state index >= 15 is 0 Å². The van der Waals surface area contributed by atoms with Crippen LogP contribution in [-0.2, 0) is 18.1 Å². The van der Waals surface area contributed by atoms with Crippen molar-refractivity contribution in [3.05, 3.63) is 24.3 Å². The average Bonchev–Trinajstić information content (AvgIpc) is 2.18. The topological polar surface area (TPSA) is 44.8 Å². The monoisotopic (exact) mass is 202 g/mol. The number of fused-ring (bicyclic) bond motifs is 1. The first-order valence-electron chi connectivity index (χ1n) is 4.07. The molecule has 1 aliphatic heterocycles. The zero-order valence-corrected chi connectivity index (χ0v) is 8.15. The average molecular weight is 202 g/mol. The van der Waals surface area contributed by atoms with Crippen molar-refractivity contribution < 1.29 is 18.1 Å². The molecule has 0 N–H and O–H groups in total. The van der Waals surface area contributed by atoms with Gasteiger partial charge >= 0.3 is 7.82 Å². The molecule has 1 saturated heterocycles. The van der Waals surface area contributed by atoms with E-state index in [1.807, 2.05) is 24.3 Å². The van der Waals surface area contributed by atoms with Crippen molar-refractivity contribution in [2.24, 2.45) is 5.92 Å². The highest BCUT2D eigenvalue weighted by molar-refractivity contribution is 7.48. The van der Waals surface area contributed by atoms with Crippen LogP contribution < -0.4 is 0 Å². The van der Waals surface area contributed by atoms with Gasteiger partial charge in [-0.05, 0) is 0 Å². The number of phosphoric acid groups is 1. The molecule has 2 rings (SSSR count). The Morgan fingerprint density at radius 3 is 3.00 bits per heavy atom. The SMILES string of the molecule is COP1(=O)OCC2C=CC=CC2O1. The first-order chi connectivity index (χ1) is 6.23. The Morgan fingerprint density at radius 1 is 1.46 bits per heavy atom. The summed E-state index contributed by atoms with van der Waals surface area (Å²) in [4.78, 5) is 0. The van der Waals surface area contributed by atoms with E-state index in [2.05, 4.69) is 4.52 Å². The summed E-state index contributed by atoms with van der Waals surface area (Å²) in [5.41, 5.74) is 0. The van der Waals surface area contributed by atoms with Crippen LogP contribution in [0.15, 0.2) is 24.3 Å². The van der Waals surface area contributed by atoms with Crippen molar-refractivity contribution in [2.75, 3.05) is 13.7 Å². The van der Waals surface area contributed by atoms with Gasteiger partial charge in [0.2, 0.25) is 0 Å². The normalized spacial score (nSPS) is 43.2. The first-order valence-corrected chi connectivity index (χ1v) is 5.53. The van der Waals surface area contributed by atoms with Crippen molar-refractivity contribution in [1.29, 1.82) is 0 Å². The van der Waals surface area contributed by atoms with E-state index in [0.717, 1.165) is 0 Å². The van der Waals surface area contributed by atoms with Crippen LogP contribution in [0.1, 0.15) is 0 Å². The molecule has 1 aliphatic carbocycles. The fourth-order valence-electron chi connectivity index (χ4n) is 1.35. The van der Waals surface area contributed by atoms with Crippen LogP contribution in [0.3, 0.4) is 0 Å². The standard InChI is InChI=1S/C8H11O4P/c1-10-13(9)11-6-7-4-2-3-5-8(7)12-13/h2-5,7-8H,6H2,1H3. The summed E-state index contributed by atoms with van der Waals surface area (Å²) < 4.78 is 26.4. The zero-order valence-electron chi connectivity index (χ0n) is 7.25. The van der Waals surface area contributed by atoms with E-state index in [-0.39, 0.29) is 12.0 Å². The van der Waals surface area contributed by atoms with Gasteiger partial charge in [-0.2, -0.15) is 0 Å². The molecule has 72 valence electrons. The molecule has 1 fully saturated rings. The lowest BCUT2D eigenvalue weighted by atomic mass is 9.99. The molecule has 0 radical (unpaired) electrons. The van der Waals surface area contributed by atoms with Crippen molar-refractivity contribution in [3.8, 4) is 0 Å². The molecule has 0 aromatic heterocycles. The summed E-state index contributed by atoms with van der Waals surface area (Å²) >= 11 is 0. The van der Waals surface area contributed by atoms with Crippen LogP contribution in [0.25, 0.3) is 0 Å². The van der Waals surface area contributed by atoms with Crippen molar-refractivity contribution in [1.82, 2.24) is 0 Å². The van der Waals surface area contributed by atoms with Crippen LogP contribution in [-0.4, -0.2) is 19.8 Å². The number of hydrogen-bond acceptors (Lipinski definition) is 4. The largest absolute Gasteiger partial charge is 0.475 e. The number of hydrogen-bond donors (Lipinski definition) is 0. The molecule has 4 nitrogen and oxygen atoms in total. The maximum Gasteiger partial charge on any atom is 0.475 e. The zero-order chi connectivity index (χ0) is 9.31. The Kier molecular flexibility index (Phi) is 2.39. The highest BCUT2D eigenvalue weighted by Crippen LogP contribution is 2.54. The highest BCUT2D eigenvalue weighted by atomic mass is 31.2. The predicted octanol–water partition coefficient (Wildman–Crippen LogP) is 1.90. The predicted molar refractivity (Wildman–Crippen MR) is 47.2 cm³/mol. The second kappa shape index (κ2) is 3.39. The molecule has 3 unspecified atom stereocenters. The molecule has 0 spiro atoms. The minimum absolute atomic E-state index is 0.155. The third-order valence-corrected chi connectivity index (χ3v) is 3.51. The molecule has 1 heterocycles. The van der Waals surface area contributed by atoms with E-state index in [4.69, 9.17) is 9.05 Å². The van der Waals surface area contributed by atoms with Crippen LogP contribution in [0.4, 0.5) is 0 Å². The Labute approximate surface area is 76.8 Å². The summed E-state index contributed by atoms with van der Waals surface area (Å²) in [6, 6.07) is 0.